The van der Waals surface area contributed by atoms with Crippen LogP contribution in [0.3, 0.4) is 0 Å². The van der Waals surface area contributed by atoms with Gasteiger partial charge in [0, 0.05) is 24.1 Å². The molecule has 2 nitrogen and oxygen atoms in total. The van der Waals surface area contributed by atoms with Crippen molar-refractivity contribution in [2.75, 3.05) is 0 Å². The molecule has 0 saturated carbocycles. The van der Waals surface area contributed by atoms with E-state index in [0.717, 1.165) is 37.8 Å². The van der Waals surface area contributed by atoms with Crippen molar-refractivity contribution in [1.29, 1.82) is 0 Å². The Morgan fingerprint density at radius 3 is 2.44 bits per heavy atom. The van der Waals surface area contributed by atoms with E-state index in [1.54, 1.807) is 0 Å². The number of hydrogen-bond acceptors (Lipinski definition) is 2. The van der Waals surface area contributed by atoms with Crippen LogP contribution >= 0.6 is 0 Å². The lowest BCUT2D eigenvalue weighted by Crippen LogP contribution is -2.40. The van der Waals surface area contributed by atoms with E-state index in [1.165, 1.54) is 6.07 Å². The summed E-state index contributed by atoms with van der Waals surface area (Å²) in [6, 6.07) is 3.97. The molecule has 0 aliphatic carbocycles. The van der Waals surface area contributed by atoms with Gasteiger partial charge >= 0.3 is 0 Å². The van der Waals surface area contributed by atoms with Gasteiger partial charge in [0.15, 0.2) is 5.78 Å². The molecule has 0 radical (unpaired) electrons. The Hall–Kier alpha value is -1.29. The van der Waals surface area contributed by atoms with Crippen LogP contribution < -0.4 is 5.32 Å². The standard InChI is InChI=1S/C14H15F2NO/c15-9-1-4-12(13(16)7-9)14(18)8-5-10-2-3-11(6-8)17-10/h1,4,7-8,10-11,17H,2-3,5-6H2. The van der Waals surface area contributed by atoms with Crippen molar-refractivity contribution >= 4 is 5.78 Å². The van der Waals surface area contributed by atoms with Gasteiger partial charge in [-0.25, -0.2) is 8.78 Å². The van der Waals surface area contributed by atoms with Crippen molar-refractivity contribution in [3.05, 3.63) is 35.4 Å². The minimum Gasteiger partial charge on any atom is -0.311 e. The molecule has 1 aromatic carbocycles. The molecule has 96 valence electrons. The predicted molar refractivity (Wildman–Crippen MR) is 63.4 cm³/mol. The fraction of sp³-hybridized carbons (Fsp3) is 0.500. The molecule has 18 heavy (non-hydrogen) atoms. The van der Waals surface area contributed by atoms with E-state index in [1.807, 2.05) is 0 Å². The zero-order valence-electron chi connectivity index (χ0n) is 9.96. The Kier molecular flexibility index (Phi) is 2.90. The van der Waals surface area contributed by atoms with Gasteiger partial charge in [-0.2, -0.15) is 0 Å². The Balaban J connectivity index is 1.82. The molecule has 2 fully saturated rings. The van der Waals surface area contributed by atoms with Crippen LogP contribution in [0.4, 0.5) is 8.78 Å². The Bertz CT molecular complexity index is 477. The van der Waals surface area contributed by atoms with Gasteiger partial charge in [-0.3, -0.25) is 4.79 Å². The molecule has 2 aliphatic heterocycles. The third-order valence-electron chi connectivity index (χ3n) is 4.04. The molecule has 2 atom stereocenters. The van der Waals surface area contributed by atoms with E-state index in [2.05, 4.69) is 5.32 Å². The third-order valence-corrected chi connectivity index (χ3v) is 4.04. The van der Waals surface area contributed by atoms with E-state index >= 15 is 0 Å². The van der Waals surface area contributed by atoms with Gasteiger partial charge in [0.05, 0.1) is 5.56 Å². The van der Waals surface area contributed by atoms with E-state index in [9.17, 15) is 13.6 Å². The first-order valence-corrected chi connectivity index (χ1v) is 6.39. The first-order chi connectivity index (χ1) is 8.63. The number of ketones is 1. The summed E-state index contributed by atoms with van der Waals surface area (Å²) in [5, 5.41) is 3.44. The van der Waals surface area contributed by atoms with Crippen molar-refractivity contribution in [3.63, 3.8) is 0 Å². The van der Waals surface area contributed by atoms with Crippen molar-refractivity contribution in [3.8, 4) is 0 Å². The first-order valence-electron chi connectivity index (χ1n) is 6.39. The van der Waals surface area contributed by atoms with E-state index in [4.69, 9.17) is 0 Å². The number of rotatable bonds is 2. The summed E-state index contributed by atoms with van der Waals surface area (Å²) in [6.45, 7) is 0. The maximum absolute atomic E-state index is 13.6. The average molecular weight is 251 g/mol. The summed E-state index contributed by atoms with van der Waals surface area (Å²) in [6.07, 6.45) is 3.74. The second kappa shape index (κ2) is 4.43. The van der Waals surface area contributed by atoms with Crippen LogP contribution in [-0.4, -0.2) is 17.9 Å². The van der Waals surface area contributed by atoms with Crippen LogP contribution in [0.15, 0.2) is 18.2 Å². The molecule has 0 amide bonds. The van der Waals surface area contributed by atoms with Crippen molar-refractivity contribution in [1.82, 2.24) is 5.32 Å². The lowest BCUT2D eigenvalue weighted by molar-refractivity contribution is 0.0871. The van der Waals surface area contributed by atoms with Gasteiger partial charge < -0.3 is 5.32 Å². The van der Waals surface area contributed by atoms with Gasteiger partial charge in [0.1, 0.15) is 11.6 Å². The number of carbonyl (C=O) groups excluding carboxylic acids is 1. The van der Waals surface area contributed by atoms with E-state index in [0.29, 0.717) is 12.1 Å². The Labute approximate surface area is 104 Å². The third kappa shape index (κ3) is 2.05. The van der Waals surface area contributed by atoms with E-state index < -0.39 is 11.6 Å². The largest absolute Gasteiger partial charge is 0.311 e. The lowest BCUT2D eigenvalue weighted by Gasteiger charge is -2.28. The summed E-state index contributed by atoms with van der Waals surface area (Å²) in [5.74, 6) is -1.69. The maximum Gasteiger partial charge on any atom is 0.169 e. The first kappa shape index (κ1) is 11.8. The quantitative estimate of drug-likeness (QED) is 0.819. The molecule has 2 bridgehead atoms. The summed E-state index contributed by atoms with van der Waals surface area (Å²) >= 11 is 0. The van der Waals surface area contributed by atoms with Crippen LogP contribution in [0.5, 0.6) is 0 Å². The highest BCUT2D eigenvalue weighted by Gasteiger charge is 2.37. The lowest BCUT2D eigenvalue weighted by atomic mass is 9.86. The number of carbonyl (C=O) groups is 1. The molecular weight excluding hydrogens is 236 g/mol. The molecule has 1 N–H and O–H groups in total. The number of piperidine rings is 1. The molecule has 0 aromatic heterocycles. The topological polar surface area (TPSA) is 29.1 Å². The van der Waals surface area contributed by atoms with Gasteiger partial charge in [-0.05, 0) is 37.8 Å². The molecule has 2 aliphatic rings. The van der Waals surface area contributed by atoms with E-state index in [-0.39, 0.29) is 17.3 Å². The zero-order chi connectivity index (χ0) is 12.7. The summed E-state index contributed by atoms with van der Waals surface area (Å²) in [7, 11) is 0. The molecule has 3 rings (SSSR count). The molecule has 2 heterocycles. The van der Waals surface area contributed by atoms with Crippen molar-refractivity contribution < 1.29 is 13.6 Å². The molecule has 4 heteroatoms. The summed E-state index contributed by atoms with van der Waals surface area (Å²) < 4.78 is 26.4. The predicted octanol–water partition coefficient (Wildman–Crippen LogP) is 2.68. The van der Waals surface area contributed by atoms with Gasteiger partial charge in [-0.15, -0.1) is 0 Å². The van der Waals surface area contributed by atoms with Gasteiger partial charge in [0.25, 0.3) is 0 Å². The Morgan fingerprint density at radius 1 is 1.17 bits per heavy atom. The van der Waals surface area contributed by atoms with Crippen LogP contribution in [-0.2, 0) is 0 Å². The summed E-state index contributed by atoms with van der Waals surface area (Å²) in [5.41, 5.74) is 0.0303. The average Bonchev–Trinajstić information content (AvgIpc) is 2.67. The second-order valence-corrected chi connectivity index (χ2v) is 5.29. The maximum atomic E-state index is 13.6. The van der Waals surface area contributed by atoms with Crippen LogP contribution in [0, 0.1) is 17.6 Å². The minimum atomic E-state index is -0.745. The molecule has 1 aromatic rings. The van der Waals surface area contributed by atoms with Gasteiger partial charge in [-0.1, -0.05) is 0 Å². The van der Waals surface area contributed by atoms with Crippen LogP contribution in [0.2, 0.25) is 0 Å². The number of benzene rings is 1. The van der Waals surface area contributed by atoms with Crippen LogP contribution in [0.1, 0.15) is 36.0 Å². The highest BCUT2D eigenvalue weighted by molar-refractivity contribution is 5.98. The number of hydrogen-bond donors (Lipinski definition) is 1. The van der Waals surface area contributed by atoms with Crippen molar-refractivity contribution in [2.24, 2.45) is 5.92 Å². The monoisotopic (exact) mass is 251 g/mol. The fourth-order valence-corrected chi connectivity index (χ4v) is 3.18. The normalized spacial score (nSPS) is 30.4. The molecule has 2 unspecified atom stereocenters. The zero-order valence-corrected chi connectivity index (χ0v) is 9.96. The SMILES string of the molecule is O=C(c1ccc(F)cc1F)C1CC2CCC(C1)N2. The Morgan fingerprint density at radius 2 is 1.83 bits per heavy atom. The minimum absolute atomic E-state index is 0.0303. The van der Waals surface area contributed by atoms with Crippen LogP contribution in [0.25, 0.3) is 0 Å². The fourth-order valence-electron chi connectivity index (χ4n) is 3.18. The highest BCUT2D eigenvalue weighted by atomic mass is 19.1. The number of halogens is 2. The van der Waals surface area contributed by atoms with Gasteiger partial charge in [0.2, 0.25) is 0 Å². The molecular formula is C14H15F2NO. The smallest absolute Gasteiger partial charge is 0.169 e. The molecule has 0 spiro atoms. The second-order valence-electron chi connectivity index (χ2n) is 5.29. The number of fused-ring (bicyclic) bond motifs is 2. The summed E-state index contributed by atoms with van der Waals surface area (Å²) in [4.78, 5) is 12.3. The molecule has 2 saturated heterocycles. The number of nitrogens with one attached hydrogen (secondary N) is 1. The highest BCUT2D eigenvalue weighted by Crippen LogP contribution is 2.33. The van der Waals surface area contributed by atoms with Crippen molar-refractivity contribution in [2.45, 2.75) is 37.8 Å². The number of Topliss-reactive ketones (excluding diaryl/α,β-unsaturated/α-hetero) is 1.